The van der Waals surface area contributed by atoms with Crippen LogP contribution in [0.15, 0.2) is 85.2 Å². The molecule has 4 aromatic rings. The molecule has 1 aromatic carbocycles. The highest BCUT2D eigenvalue weighted by molar-refractivity contribution is 6.06. The zero-order valence-corrected chi connectivity index (χ0v) is 15.4. The van der Waals surface area contributed by atoms with Crippen molar-refractivity contribution in [2.75, 3.05) is 5.32 Å². The van der Waals surface area contributed by atoms with Crippen LogP contribution in [0.4, 0.5) is 5.82 Å². The Bertz CT molecular complexity index is 1270. The van der Waals surface area contributed by atoms with E-state index in [1.54, 1.807) is 24.3 Å². The predicted octanol–water partition coefficient (Wildman–Crippen LogP) is 2.48. The Morgan fingerprint density at radius 2 is 1.69 bits per heavy atom. The molecular formula is C23H18N4O2+2. The van der Waals surface area contributed by atoms with Gasteiger partial charge < -0.3 is 0 Å². The van der Waals surface area contributed by atoms with Gasteiger partial charge in [0.1, 0.15) is 0 Å². The Balaban J connectivity index is 1.63. The average Bonchev–Trinajstić information content (AvgIpc) is 3.28. The molecule has 1 atom stereocenters. The van der Waals surface area contributed by atoms with Crippen molar-refractivity contribution in [2.45, 2.75) is 6.04 Å². The molecule has 0 radical (unpaired) electrons. The molecule has 0 unspecified atom stereocenters. The Morgan fingerprint density at radius 3 is 2.55 bits per heavy atom. The van der Waals surface area contributed by atoms with Gasteiger partial charge in [0.2, 0.25) is 5.69 Å². The molecule has 0 saturated carbocycles. The number of H-pyrrole nitrogens is 1. The molecule has 140 valence electrons. The third-order valence-corrected chi connectivity index (χ3v) is 5.05. The number of aromatic amines is 1. The molecule has 1 aliphatic rings. The van der Waals surface area contributed by atoms with E-state index in [-0.39, 0.29) is 11.7 Å². The highest BCUT2D eigenvalue weighted by atomic mass is 16.2. The highest BCUT2D eigenvalue weighted by Gasteiger charge is 2.44. The van der Waals surface area contributed by atoms with Crippen molar-refractivity contribution >= 4 is 29.2 Å². The number of ketones is 1. The molecule has 29 heavy (non-hydrogen) atoms. The zero-order chi connectivity index (χ0) is 19.8. The molecule has 6 nitrogen and oxygen atoms in total. The van der Waals surface area contributed by atoms with Crippen LogP contribution in [0.1, 0.15) is 27.8 Å². The summed E-state index contributed by atoms with van der Waals surface area (Å²) in [5.74, 6) is 0.528. The number of rotatable bonds is 4. The van der Waals surface area contributed by atoms with Gasteiger partial charge in [-0.3, -0.25) is 4.79 Å². The number of benzene rings is 1. The quantitative estimate of drug-likeness (QED) is 0.323. The fraction of sp³-hybridized carbons (Fsp3) is 0.0435. The number of pyridine rings is 2. The number of anilines is 1. The van der Waals surface area contributed by atoms with E-state index in [0.29, 0.717) is 5.56 Å². The summed E-state index contributed by atoms with van der Waals surface area (Å²) in [5, 5.41) is 2.91. The van der Waals surface area contributed by atoms with Crippen LogP contribution in [0.2, 0.25) is 0 Å². The first-order chi connectivity index (χ1) is 14.2. The molecule has 1 aliphatic heterocycles. The monoisotopic (exact) mass is 382 g/mol. The standard InChI is InChI=1S/C23H16N4O2/c28-18(16-8-2-1-3-9-16)13-12-17-21(24-19-10-4-6-14-26(17)19)22-23(29)25-20-11-5-7-15-27(20)22/h1-15,22H/p+2/b13-12+/t22-/m0/s1. The maximum Gasteiger partial charge on any atom is 0.361 e. The fourth-order valence-electron chi connectivity index (χ4n) is 3.70. The van der Waals surface area contributed by atoms with E-state index in [4.69, 9.17) is 0 Å². The van der Waals surface area contributed by atoms with Crippen LogP contribution >= 0.6 is 0 Å². The second-order valence-corrected chi connectivity index (χ2v) is 6.83. The molecule has 5 rings (SSSR count). The van der Waals surface area contributed by atoms with Crippen molar-refractivity contribution in [3.05, 3.63) is 102 Å². The number of imidazole rings is 1. The first-order valence-corrected chi connectivity index (χ1v) is 9.33. The Labute approximate surface area is 166 Å². The summed E-state index contributed by atoms with van der Waals surface area (Å²) < 4.78 is 3.84. The predicted molar refractivity (Wildman–Crippen MR) is 107 cm³/mol. The van der Waals surface area contributed by atoms with Crippen molar-refractivity contribution in [3.63, 3.8) is 0 Å². The van der Waals surface area contributed by atoms with Gasteiger partial charge in [-0.2, -0.15) is 4.40 Å². The second kappa shape index (κ2) is 6.83. The van der Waals surface area contributed by atoms with E-state index in [1.165, 1.54) is 0 Å². The molecule has 0 aliphatic carbocycles. The minimum atomic E-state index is -0.544. The number of nitrogens with zero attached hydrogens (tertiary/aromatic N) is 2. The van der Waals surface area contributed by atoms with Crippen molar-refractivity contribution < 1.29 is 18.6 Å². The molecule has 6 heteroatoms. The molecule has 3 aromatic heterocycles. The summed E-state index contributed by atoms with van der Waals surface area (Å²) in [4.78, 5) is 28.7. The molecule has 0 spiro atoms. The number of carbonyl (C=O) groups excluding carboxylic acids is 2. The van der Waals surface area contributed by atoms with Crippen LogP contribution in [0.3, 0.4) is 0 Å². The van der Waals surface area contributed by atoms with Gasteiger partial charge in [0.05, 0.1) is 12.4 Å². The van der Waals surface area contributed by atoms with Gasteiger partial charge >= 0.3 is 5.91 Å². The fourth-order valence-corrected chi connectivity index (χ4v) is 3.70. The number of fused-ring (bicyclic) bond motifs is 2. The third kappa shape index (κ3) is 2.91. The Hall–Kier alpha value is -4.06. The Kier molecular flexibility index (Phi) is 4.02. The SMILES string of the molecule is O=C(/C=C/c1c([C@H]2C(=O)Nc3cccc[n+]32)[nH]c2cccc[n+]12)c1ccccc1. The van der Waals surface area contributed by atoms with E-state index in [1.807, 2.05) is 76.0 Å². The average molecular weight is 382 g/mol. The lowest BCUT2D eigenvalue weighted by Gasteiger charge is -2.01. The van der Waals surface area contributed by atoms with Gasteiger partial charge in [-0.15, -0.1) is 0 Å². The third-order valence-electron chi connectivity index (χ3n) is 5.05. The van der Waals surface area contributed by atoms with Gasteiger partial charge in [0, 0.05) is 17.7 Å². The lowest BCUT2D eigenvalue weighted by molar-refractivity contribution is -0.680. The van der Waals surface area contributed by atoms with Gasteiger partial charge in [0.15, 0.2) is 11.5 Å². The minimum Gasteiger partial charge on any atom is -0.289 e. The van der Waals surface area contributed by atoms with Crippen molar-refractivity contribution in [1.82, 2.24) is 4.98 Å². The summed E-state index contributed by atoms with van der Waals surface area (Å²) >= 11 is 0. The van der Waals surface area contributed by atoms with Crippen LogP contribution in [-0.2, 0) is 4.79 Å². The molecule has 0 saturated heterocycles. The molecule has 4 heterocycles. The molecule has 0 bridgehead atoms. The summed E-state index contributed by atoms with van der Waals surface area (Å²) in [6.45, 7) is 0. The van der Waals surface area contributed by atoms with Gasteiger partial charge in [0.25, 0.3) is 17.5 Å². The smallest absolute Gasteiger partial charge is 0.289 e. The number of carbonyl (C=O) groups is 2. The zero-order valence-electron chi connectivity index (χ0n) is 15.4. The van der Waals surface area contributed by atoms with Gasteiger partial charge in [-0.1, -0.05) is 42.5 Å². The van der Waals surface area contributed by atoms with Crippen LogP contribution in [0, 0.1) is 0 Å². The lowest BCUT2D eigenvalue weighted by Crippen LogP contribution is -2.39. The number of nitrogens with one attached hydrogen (secondary N) is 2. The largest absolute Gasteiger partial charge is 0.361 e. The number of allylic oxidation sites excluding steroid dienone is 1. The molecular weight excluding hydrogens is 364 g/mol. The van der Waals surface area contributed by atoms with E-state index in [9.17, 15) is 9.59 Å². The van der Waals surface area contributed by atoms with Gasteiger partial charge in [-0.05, 0) is 24.3 Å². The lowest BCUT2D eigenvalue weighted by atomic mass is 10.1. The number of hydrogen-bond donors (Lipinski definition) is 2. The van der Waals surface area contributed by atoms with Crippen LogP contribution in [-0.4, -0.2) is 16.7 Å². The number of amides is 1. The van der Waals surface area contributed by atoms with E-state index < -0.39 is 6.04 Å². The normalized spacial score (nSPS) is 15.6. The molecule has 0 fully saturated rings. The maximum absolute atomic E-state index is 12.8. The molecule has 1 amide bonds. The number of hydrogen-bond acceptors (Lipinski definition) is 2. The Morgan fingerprint density at radius 1 is 0.931 bits per heavy atom. The highest BCUT2D eigenvalue weighted by Crippen LogP contribution is 2.24. The van der Waals surface area contributed by atoms with Gasteiger partial charge in [-0.25, -0.2) is 19.7 Å². The maximum atomic E-state index is 12.8. The minimum absolute atomic E-state index is 0.0913. The second-order valence-electron chi connectivity index (χ2n) is 6.83. The summed E-state index contributed by atoms with van der Waals surface area (Å²) in [6, 6.07) is 20.0. The summed E-state index contributed by atoms with van der Waals surface area (Å²) in [5.41, 5.74) is 2.94. The van der Waals surface area contributed by atoms with E-state index >= 15 is 0 Å². The molecule has 2 N–H and O–H groups in total. The van der Waals surface area contributed by atoms with Crippen LogP contribution in [0.25, 0.3) is 11.7 Å². The van der Waals surface area contributed by atoms with Crippen molar-refractivity contribution in [3.8, 4) is 0 Å². The van der Waals surface area contributed by atoms with E-state index in [2.05, 4.69) is 10.3 Å². The van der Waals surface area contributed by atoms with E-state index in [0.717, 1.165) is 22.9 Å². The summed E-state index contributed by atoms with van der Waals surface area (Å²) in [7, 11) is 0. The number of aromatic nitrogens is 3. The first kappa shape index (κ1) is 17.1. The van der Waals surface area contributed by atoms with Crippen molar-refractivity contribution in [2.24, 2.45) is 0 Å². The van der Waals surface area contributed by atoms with Crippen molar-refractivity contribution in [1.29, 1.82) is 0 Å². The van der Waals surface area contributed by atoms with Crippen LogP contribution in [0.5, 0.6) is 0 Å². The first-order valence-electron chi connectivity index (χ1n) is 9.33. The topological polar surface area (TPSA) is 69.9 Å². The summed E-state index contributed by atoms with van der Waals surface area (Å²) in [6.07, 6.45) is 7.09. The van der Waals surface area contributed by atoms with Crippen LogP contribution < -0.4 is 14.3 Å².